The normalized spacial score (nSPS) is 19.6. The number of anilines is 1. The Labute approximate surface area is 109 Å². The molecule has 0 saturated carbocycles. The number of aryl methyl sites for hydroxylation is 1. The molecule has 1 atom stereocenters. The zero-order chi connectivity index (χ0) is 13.0. The van der Waals surface area contributed by atoms with E-state index in [2.05, 4.69) is 24.0 Å². The summed E-state index contributed by atoms with van der Waals surface area (Å²) < 4.78 is 5.25. The minimum atomic E-state index is 0.579. The Balaban J connectivity index is 2.20. The molecule has 96 valence electrons. The van der Waals surface area contributed by atoms with Crippen LogP contribution in [-0.4, -0.2) is 26.8 Å². The van der Waals surface area contributed by atoms with Gasteiger partial charge in [0.15, 0.2) is 0 Å². The summed E-state index contributed by atoms with van der Waals surface area (Å²) in [7, 11) is 1.76. The van der Waals surface area contributed by atoms with Gasteiger partial charge in [0.05, 0.1) is 17.9 Å². The summed E-state index contributed by atoms with van der Waals surface area (Å²) in [4.78, 5) is 2.33. The first-order valence-electron chi connectivity index (χ1n) is 6.49. The Morgan fingerprint density at radius 2 is 2.33 bits per heavy atom. The Morgan fingerprint density at radius 3 is 3.06 bits per heavy atom. The molecule has 1 aromatic carbocycles. The molecule has 0 radical (unpaired) electrons. The minimum Gasteiger partial charge on any atom is -0.384 e. The lowest BCUT2D eigenvalue weighted by atomic mass is 9.97. The molecular weight excluding hydrogens is 224 g/mol. The van der Waals surface area contributed by atoms with Gasteiger partial charge in [0.25, 0.3) is 0 Å². The van der Waals surface area contributed by atoms with E-state index in [1.807, 2.05) is 12.1 Å². The first-order chi connectivity index (χ1) is 8.74. The van der Waals surface area contributed by atoms with Gasteiger partial charge in [0.1, 0.15) is 6.07 Å². The topological polar surface area (TPSA) is 36.3 Å². The fourth-order valence-corrected chi connectivity index (χ4v) is 2.65. The summed E-state index contributed by atoms with van der Waals surface area (Å²) in [5.74, 6) is 0.579. The van der Waals surface area contributed by atoms with Crippen molar-refractivity contribution in [3.05, 3.63) is 29.3 Å². The Morgan fingerprint density at radius 1 is 1.50 bits per heavy atom. The van der Waals surface area contributed by atoms with E-state index in [0.29, 0.717) is 5.92 Å². The maximum atomic E-state index is 9.21. The number of methoxy groups -OCH3 is 1. The predicted molar refractivity (Wildman–Crippen MR) is 72.7 cm³/mol. The van der Waals surface area contributed by atoms with Gasteiger partial charge in [-0.3, -0.25) is 0 Å². The van der Waals surface area contributed by atoms with Gasteiger partial charge in [0, 0.05) is 20.2 Å². The number of nitrogens with zero attached hydrogens (tertiary/aromatic N) is 2. The van der Waals surface area contributed by atoms with Crippen molar-refractivity contribution < 1.29 is 4.74 Å². The SMILES string of the molecule is COCC1CCCN(c2cc(C)ccc2C#N)C1. The van der Waals surface area contributed by atoms with Crippen LogP contribution in [0.25, 0.3) is 0 Å². The summed E-state index contributed by atoms with van der Waals surface area (Å²) in [6, 6.07) is 8.33. The van der Waals surface area contributed by atoms with Crippen molar-refractivity contribution in [2.75, 3.05) is 31.7 Å². The number of rotatable bonds is 3. The van der Waals surface area contributed by atoms with Crippen LogP contribution in [0.5, 0.6) is 0 Å². The highest BCUT2D eigenvalue weighted by molar-refractivity contribution is 5.60. The third-order valence-corrected chi connectivity index (χ3v) is 3.54. The van der Waals surface area contributed by atoms with Crippen LogP contribution in [0, 0.1) is 24.2 Å². The maximum Gasteiger partial charge on any atom is 0.101 e. The molecule has 0 N–H and O–H groups in total. The first-order valence-corrected chi connectivity index (χ1v) is 6.49. The number of hydrogen-bond donors (Lipinski definition) is 0. The van der Waals surface area contributed by atoms with Gasteiger partial charge >= 0.3 is 0 Å². The third-order valence-electron chi connectivity index (χ3n) is 3.54. The van der Waals surface area contributed by atoms with E-state index in [1.54, 1.807) is 7.11 Å². The fraction of sp³-hybridized carbons (Fsp3) is 0.533. The molecule has 1 unspecified atom stereocenters. The zero-order valence-corrected chi connectivity index (χ0v) is 11.1. The first kappa shape index (κ1) is 12.9. The second-order valence-corrected chi connectivity index (χ2v) is 5.04. The second-order valence-electron chi connectivity index (χ2n) is 5.04. The van der Waals surface area contributed by atoms with Crippen LogP contribution in [-0.2, 0) is 4.74 Å². The lowest BCUT2D eigenvalue weighted by molar-refractivity contribution is 0.143. The van der Waals surface area contributed by atoms with Crippen LogP contribution < -0.4 is 4.90 Å². The molecule has 1 aliphatic rings. The van der Waals surface area contributed by atoms with Crippen molar-refractivity contribution in [3.8, 4) is 6.07 Å². The lowest BCUT2D eigenvalue weighted by Crippen LogP contribution is -2.37. The lowest BCUT2D eigenvalue weighted by Gasteiger charge is -2.34. The maximum absolute atomic E-state index is 9.21. The van der Waals surface area contributed by atoms with Gasteiger partial charge in [-0.15, -0.1) is 0 Å². The molecule has 3 heteroatoms. The van der Waals surface area contributed by atoms with Crippen molar-refractivity contribution in [1.29, 1.82) is 5.26 Å². The van der Waals surface area contributed by atoms with Crippen molar-refractivity contribution in [2.24, 2.45) is 5.92 Å². The number of piperidine rings is 1. The molecule has 1 aliphatic heterocycles. The number of benzene rings is 1. The van der Waals surface area contributed by atoms with Gasteiger partial charge in [-0.1, -0.05) is 6.07 Å². The van der Waals surface area contributed by atoms with Crippen molar-refractivity contribution >= 4 is 5.69 Å². The standard InChI is InChI=1S/C15H20N2O/c1-12-5-6-14(9-16)15(8-12)17-7-3-4-13(10-17)11-18-2/h5-6,8,13H,3-4,7,10-11H2,1-2H3. The Kier molecular flexibility index (Phi) is 4.22. The molecule has 1 saturated heterocycles. The highest BCUT2D eigenvalue weighted by atomic mass is 16.5. The average molecular weight is 244 g/mol. The summed E-state index contributed by atoms with van der Waals surface area (Å²) in [6.45, 7) is 4.91. The molecule has 0 aliphatic carbocycles. The van der Waals surface area contributed by atoms with Crippen molar-refractivity contribution in [3.63, 3.8) is 0 Å². The van der Waals surface area contributed by atoms with Crippen molar-refractivity contribution in [2.45, 2.75) is 19.8 Å². The van der Waals surface area contributed by atoms with E-state index in [1.165, 1.54) is 18.4 Å². The smallest absolute Gasteiger partial charge is 0.101 e. The summed E-state index contributed by atoms with van der Waals surface area (Å²) in [5, 5.41) is 9.21. The molecule has 1 aromatic rings. The van der Waals surface area contributed by atoms with E-state index >= 15 is 0 Å². The van der Waals surface area contributed by atoms with Crippen molar-refractivity contribution in [1.82, 2.24) is 0 Å². The third kappa shape index (κ3) is 2.83. The minimum absolute atomic E-state index is 0.579. The van der Waals surface area contributed by atoms with Crippen LogP contribution in [0.3, 0.4) is 0 Å². The summed E-state index contributed by atoms with van der Waals surface area (Å²) in [6.07, 6.45) is 2.39. The summed E-state index contributed by atoms with van der Waals surface area (Å²) >= 11 is 0. The molecule has 0 spiro atoms. The molecule has 0 bridgehead atoms. The molecule has 1 heterocycles. The quantitative estimate of drug-likeness (QED) is 0.820. The number of hydrogen-bond acceptors (Lipinski definition) is 3. The molecule has 2 rings (SSSR count). The number of nitriles is 1. The largest absolute Gasteiger partial charge is 0.384 e. The Hall–Kier alpha value is -1.53. The van der Waals surface area contributed by atoms with E-state index in [-0.39, 0.29) is 0 Å². The molecule has 0 amide bonds. The van der Waals surface area contributed by atoms with Gasteiger partial charge in [0.2, 0.25) is 0 Å². The average Bonchev–Trinajstić information content (AvgIpc) is 2.39. The van der Waals surface area contributed by atoms with Crippen LogP contribution >= 0.6 is 0 Å². The monoisotopic (exact) mass is 244 g/mol. The van der Waals surface area contributed by atoms with Crippen LogP contribution in [0.4, 0.5) is 5.69 Å². The fourth-order valence-electron chi connectivity index (χ4n) is 2.65. The number of ether oxygens (including phenoxy) is 1. The van der Waals surface area contributed by atoms with Crippen LogP contribution in [0.1, 0.15) is 24.0 Å². The van der Waals surface area contributed by atoms with Gasteiger partial charge in [-0.25, -0.2) is 0 Å². The van der Waals surface area contributed by atoms with E-state index in [4.69, 9.17) is 4.74 Å². The van der Waals surface area contributed by atoms with Gasteiger partial charge in [-0.05, 0) is 43.4 Å². The highest BCUT2D eigenvalue weighted by Crippen LogP contribution is 2.27. The molecule has 0 aromatic heterocycles. The van der Waals surface area contributed by atoms with Crippen LogP contribution in [0.2, 0.25) is 0 Å². The van der Waals surface area contributed by atoms with E-state index in [0.717, 1.165) is 30.9 Å². The molecule has 1 fully saturated rings. The second kappa shape index (κ2) is 5.88. The molecule has 3 nitrogen and oxygen atoms in total. The van der Waals surface area contributed by atoms with Gasteiger partial charge in [-0.2, -0.15) is 5.26 Å². The molecular formula is C15H20N2O. The zero-order valence-electron chi connectivity index (χ0n) is 11.1. The molecule has 18 heavy (non-hydrogen) atoms. The van der Waals surface area contributed by atoms with Crippen LogP contribution in [0.15, 0.2) is 18.2 Å². The van der Waals surface area contributed by atoms with E-state index in [9.17, 15) is 5.26 Å². The summed E-state index contributed by atoms with van der Waals surface area (Å²) in [5.41, 5.74) is 3.06. The Bertz CT molecular complexity index is 448. The highest BCUT2D eigenvalue weighted by Gasteiger charge is 2.21. The van der Waals surface area contributed by atoms with Gasteiger partial charge < -0.3 is 9.64 Å². The van der Waals surface area contributed by atoms with E-state index < -0.39 is 0 Å². The predicted octanol–water partition coefficient (Wildman–Crippen LogP) is 2.73.